The van der Waals surface area contributed by atoms with E-state index in [0.717, 1.165) is 12.1 Å². The topological polar surface area (TPSA) is 41.1 Å². The molecule has 0 fully saturated rings. The lowest BCUT2D eigenvalue weighted by atomic mass is 10.1. The Labute approximate surface area is 112 Å². The molecule has 19 heavy (non-hydrogen) atoms. The van der Waals surface area contributed by atoms with Crippen LogP contribution in [0.1, 0.15) is 11.1 Å². The number of carbonyl (C=O) groups is 1. The van der Waals surface area contributed by atoms with Crippen LogP contribution >= 0.6 is 0 Å². The summed E-state index contributed by atoms with van der Waals surface area (Å²) in [4.78, 5) is 11.2. The van der Waals surface area contributed by atoms with Gasteiger partial charge in [-0.05, 0) is 40.8 Å². The average Bonchev–Trinajstić information content (AvgIpc) is 2.82. The van der Waals surface area contributed by atoms with Crippen LogP contribution in [0.4, 0.5) is 5.69 Å². The summed E-state index contributed by atoms with van der Waals surface area (Å²) in [6.45, 7) is 0.308. The van der Waals surface area contributed by atoms with Crippen molar-refractivity contribution >= 4 is 11.6 Å². The van der Waals surface area contributed by atoms with Crippen molar-refractivity contribution in [3.63, 3.8) is 0 Å². The van der Waals surface area contributed by atoms with Crippen LogP contribution in [0.2, 0.25) is 0 Å². The van der Waals surface area contributed by atoms with Crippen LogP contribution in [0.15, 0.2) is 42.5 Å². The number of hydrogen-bond acceptors (Lipinski definition) is 2. The predicted octanol–water partition coefficient (Wildman–Crippen LogP) is 2.42. The third kappa shape index (κ3) is 2.19. The molecule has 2 aromatic rings. The van der Waals surface area contributed by atoms with E-state index < -0.39 is 0 Å². The lowest BCUT2D eigenvalue weighted by Gasteiger charge is -2.07. The van der Waals surface area contributed by atoms with E-state index in [0.29, 0.717) is 6.54 Å². The predicted molar refractivity (Wildman–Crippen MR) is 77.2 cm³/mol. The fourth-order valence-corrected chi connectivity index (χ4v) is 2.53. The number of hydrogen-bond donors (Lipinski definition) is 2. The first-order valence-electron chi connectivity index (χ1n) is 6.43. The Morgan fingerprint density at radius 1 is 1.11 bits per heavy atom. The van der Waals surface area contributed by atoms with Gasteiger partial charge in [0.1, 0.15) is 0 Å². The maximum absolute atomic E-state index is 11.2. The Hall–Kier alpha value is -2.29. The average molecular weight is 252 g/mol. The molecule has 3 rings (SSSR count). The van der Waals surface area contributed by atoms with Crippen LogP contribution in [0.3, 0.4) is 0 Å². The van der Waals surface area contributed by atoms with Crippen LogP contribution in [0.25, 0.3) is 11.1 Å². The molecule has 1 amide bonds. The van der Waals surface area contributed by atoms with Gasteiger partial charge in [-0.2, -0.15) is 0 Å². The first-order chi connectivity index (χ1) is 9.28. The molecule has 1 aliphatic rings. The number of amides is 1. The zero-order valence-corrected chi connectivity index (χ0v) is 10.9. The molecule has 0 bridgehead atoms. The summed E-state index contributed by atoms with van der Waals surface area (Å²) in [7, 11) is 1.64. The molecule has 2 aromatic carbocycles. The fourth-order valence-electron chi connectivity index (χ4n) is 2.53. The highest BCUT2D eigenvalue weighted by molar-refractivity contribution is 5.82. The molecule has 96 valence electrons. The summed E-state index contributed by atoms with van der Waals surface area (Å²) in [5.74, 6) is -0.0104. The molecule has 2 N–H and O–H groups in total. The molecular weight excluding hydrogens is 236 g/mol. The molecule has 0 saturated heterocycles. The van der Waals surface area contributed by atoms with Gasteiger partial charge < -0.3 is 10.6 Å². The molecule has 0 unspecified atom stereocenters. The fraction of sp³-hybridized carbons (Fsp3) is 0.188. The summed E-state index contributed by atoms with van der Waals surface area (Å²) >= 11 is 0. The summed E-state index contributed by atoms with van der Waals surface area (Å²) in [6, 6.07) is 14.8. The van der Waals surface area contributed by atoms with Crippen LogP contribution < -0.4 is 10.6 Å². The zero-order valence-electron chi connectivity index (χ0n) is 10.9. The van der Waals surface area contributed by atoms with Gasteiger partial charge in [0.2, 0.25) is 5.91 Å². The molecule has 0 spiro atoms. The number of likely N-dealkylation sites (N-methyl/N-ethyl adjacent to an activating group) is 1. The van der Waals surface area contributed by atoms with Crippen molar-refractivity contribution in [3.05, 3.63) is 53.6 Å². The molecule has 3 heteroatoms. The Morgan fingerprint density at radius 2 is 1.89 bits per heavy atom. The quantitative estimate of drug-likeness (QED) is 0.751. The second-order valence-corrected chi connectivity index (χ2v) is 4.73. The van der Waals surface area contributed by atoms with Crippen LogP contribution in [-0.4, -0.2) is 19.5 Å². The highest BCUT2D eigenvalue weighted by Crippen LogP contribution is 2.37. The highest BCUT2D eigenvalue weighted by atomic mass is 16.1. The van der Waals surface area contributed by atoms with Crippen molar-refractivity contribution in [2.24, 2.45) is 0 Å². The van der Waals surface area contributed by atoms with E-state index >= 15 is 0 Å². The van der Waals surface area contributed by atoms with Crippen molar-refractivity contribution in [3.8, 4) is 11.1 Å². The summed E-state index contributed by atoms with van der Waals surface area (Å²) in [6.07, 6.45) is 0.973. The Morgan fingerprint density at radius 3 is 2.74 bits per heavy atom. The summed E-state index contributed by atoms with van der Waals surface area (Å²) in [5.41, 5.74) is 6.33. The summed E-state index contributed by atoms with van der Waals surface area (Å²) < 4.78 is 0. The minimum absolute atomic E-state index is 0.0104. The SMILES string of the molecule is CNC(=O)CNc1ccc2c(c1)Cc1ccccc1-2. The van der Waals surface area contributed by atoms with Crippen molar-refractivity contribution in [2.75, 3.05) is 18.9 Å². The van der Waals surface area contributed by atoms with E-state index in [2.05, 4.69) is 47.0 Å². The maximum Gasteiger partial charge on any atom is 0.239 e. The van der Waals surface area contributed by atoms with Gasteiger partial charge in [-0.25, -0.2) is 0 Å². The molecule has 1 aliphatic carbocycles. The Balaban J connectivity index is 1.83. The minimum atomic E-state index is -0.0104. The van der Waals surface area contributed by atoms with Crippen molar-refractivity contribution in [2.45, 2.75) is 6.42 Å². The van der Waals surface area contributed by atoms with Gasteiger partial charge in [0.05, 0.1) is 6.54 Å². The zero-order chi connectivity index (χ0) is 13.2. The van der Waals surface area contributed by atoms with Gasteiger partial charge in [0.15, 0.2) is 0 Å². The number of nitrogens with one attached hydrogen (secondary N) is 2. The van der Waals surface area contributed by atoms with E-state index in [9.17, 15) is 4.79 Å². The first-order valence-corrected chi connectivity index (χ1v) is 6.43. The standard InChI is InChI=1S/C16H16N2O/c1-17-16(19)10-18-13-6-7-15-12(9-13)8-11-4-2-3-5-14(11)15/h2-7,9,18H,8,10H2,1H3,(H,17,19). The van der Waals surface area contributed by atoms with E-state index in [1.54, 1.807) is 7.05 Å². The minimum Gasteiger partial charge on any atom is -0.376 e. The van der Waals surface area contributed by atoms with E-state index in [1.165, 1.54) is 22.3 Å². The van der Waals surface area contributed by atoms with E-state index in [4.69, 9.17) is 0 Å². The molecule has 0 saturated carbocycles. The number of fused-ring (bicyclic) bond motifs is 3. The van der Waals surface area contributed by atoms with Crippen molar-refractivity contribution in [1.29, 1.82) is 0 Å². The van der Waals surface area contributed by atoms with E-state index in [-0.39, 0.29) is 5.91 Å². The third-order valence-electron chi connectivity index (χ3n) is 3.53. The van der Waals surface area contributed by atoms with Crippen LogP contribution in [0, 0.1) is 0 Å². The molecule has 0 radical (unpaired) electrons. The number of carbonyl (C=O) groups excluding carboxylic acids is 1. The Bertz CT molecular complexity index is 634. The Kier molecular flexibility index (Phi) is 2.95. The van der Waals surface area contributed by atoms with Crippen LogP contribution in [-0.2, 0) is 11.2 Å². The van der Waals surface area contributed by atoms with E-state index in [1.807, 2.05) is 6.07 Å². The molecule has 3 nitrogen and oxygen atoms in total. The molecule has 0 atom stereocenters. The lowest BCUT2D eigenvalue weighted by Crippen LogP contribution is -2.26. The number of anilines is 1. The lowest BCUT2D eigenvalue weighted by molar-refractivity contribution is -0.118. The van der Waals surface area contributed by atoms with Crippen molar-refractivity contribution in [1.82, 2.24) is 5.32 Å². The largest absolute Gasteiger partial charge is 0.376 e. The first kappa shape index (κ1) is 11.8. The van der Waals surface area contributed by atoms with Gasteiger partial charge in [-0.1, -0.05) is 30.3 Å². The molecule has 0 aliphatic heterocycles. The monoisotopic (exact) mass is 252 g/mol. The number of benzene rings is 2. The maximum atomic E-state index is 11.2. The van der Waals surface area contributed by atoms with Gasteiger partial charge in [-0.3, -0.25) is 4.79 Å². The molecule has 0 heterocycles. The van der Waals surface area contributed by atoms with Gasteiger partial charge in [0.25, 0.3) is 0 Å². The highest BCUT2D eigenvalue weighted by Gasteiger charge is 2.17. The smallest absolute Gasteiger partial charge is 0.239 e. The third-order valence-corrected chi connectivity index (χ3v) is 3.53. The van der Waals surface area contributed by atoms with Gasteiger partial charge >= 0.3 is 0 Å². The van der Waals surface area contributed by atoms with Crippen molar-refractivity contribution < 1.29 is 4.79 Å². The molecular formula is C16H16N2O. The second kappa shape index (κ2) is 4.76. The second-order valence-electron chi connectivity index (χ2n) is 4.73. The van der Waals surface area contributed by atoms with Crippen LogP contribution in [0.5, 0.6) is 0 Å². The van der Waals surface area contributed by atoms with Gasteiger partial charge in [0, 0.05) is 12.7 Å². The summed E-state index contributed by atoms with van der Waals surface area (Å²) in [5, 5.41) is 5.74. The molecule has 0 aromatic heterocycles. The normalized spacial score (nSPS) is 11.6. The number of rotatable bonds is 3. The van der Waals surface area contributed by atoms with Gasteiger partial charge in [-0.15, -0.1) is 0 Å².